The molecular weight excluding hydrogens is 947 g/mol. The van der Waals surface area contributed by atoms with Crippen molar-refractivity contribution in [1.82, 2.24) is 0 Å². The summed E-state index contributed by atoms with van der Waals surface area (Å²) < 4.78 is 336. The van der Waals surface area contributed by atoms with Crippen LogP contribution in [0.25, 0.3) is 0 Å². The number of benzene rings is 4. The van der Waals surface area contributed by atoms with Crippen LogP contribution in [-0.2, 0) is 51.4 Å². The second-order valence-electron chi connectivity index (χ2n) is 15.5. The first-order valence-electron chi connectivity index (χ1n) is 18.3. The number of halogens is 24. The number of alkyl halides is 24. The van der Waals surface area contributed by atoms with Crippen LogP contribution in [0.1, 0.15) is 44.5 Å². The van der Waals surface area contributed by atoms with Crippen LogP contribution in [0.4, 0.5) is 105 Å². The van der Waals surface area contributed by atoms with Gasteiger partial charge in [-0.1, -0.05) is 72.8 Å². The molecule has 65 heavy (non-hydrogen) atoms. The molecule has 4 aromatic rings. The fraction of sp³-hybridized carbons (Fsp3) is 0.400. The summed E-state index contributed by atoms with van der Waals surface area (Å²) in [5, 5.41) is 0. The molecular formula is C40H28BF24-. The van der Waals surface area contributed by atoms with Crippen molar-refractivity contribution in [3.63, 3.8) is 0 Å². The van der Waals surface area contributed by atoms with Gasteiger partial charge in [-0.05, 0) is 44.5 Å². The van der Waals surface area contributed by atoms with Crippen LogP contribution in [0.5, 0.6) is 0 Å². The first kappa shape index (κ1) is 52.9. The Hall–Kier alpha value is -4.74. The van der Waals surface area contributed by atoms with E-state index < -0.39 is 173 Å². The summed E-state index contributed by atoms with van der Waals surface area (Å²) in [6.45, 7) is 0. The summed E-state index contributed by atoms with van der Waals surface area (Å²) in [7, 11) is 0. The van der Waals surface area contributed by atoms with Crippen molar-refractivity contribution in [1.29, 1.82) is 0 Å². The smallest absolute Gasteiger partial charge is 0.195 e. The average Bonchev–Trinajstić information content (AvgIpc) is 2.98. The van der Waals surface area contributed by atoms with E-state index >= 15 is 0 Å². The Bertz CT molecular complexity index is 1820. The zero-order valence-electron chi connectivity index (χ0n) is 32.2. The molecule has 0 N–H and O–H groups in total. The van der Waals surface area contributed by atoms with Gasteiger partial charge in [0.2, 0.25) is 0 Å². The lowest BCUT2D eigenvalue weighted by Gasteiger charge is -2.46. The van der Waals surface area contributed by atoms with Crippen molar-refractivity contribution in [3.05, 3.63) is 117 Å². The van der Waals surface area contributed by atoms with Gasteiger partial charge in [0, 0.05) is 0 Å². The normalized spacial score (nSPS) is 14.0. The first-order valence-corrected chi connectivity index (χ1v) is 18.3. The van der Waals surface area contributed by atoms with E-state index in [9.17, 15) is 105 Å². The van der Waals surface area contributed by atoms with Crippen molar-refractivity contribution in [2.24, 2.45) is 0 Å². The Balaban J connectivity index is 2.52. The Morgan fingerprint density at radius 1 is 0.200 bits per heavy atom. The Labute approximate surface area is 351 Å². The summed E-state index contributed by atoms with van der Waals surface area (Å²) in [5.74, 6) is 0. The van der Waals surface area contributed by atoms with E-state index in [-0.39, 0.29) is 72.8 Å². The molecule has 0 nitrogen and oxygen atoms in total. The highest BCUT2D eigenvalue weighted by molar-refractivity contribution is 7.20. The summed E-state index contributed by atoms with van der Waals surface area (Å²) in [6.07, 6.45) is -65.7. The van der Waals surface area contributed by atoms with Crippen LogP contribution >= 0.6 is 0 Å². The molecule has 0 spiro atoms. The molecule has 0 radical (unpaired) electrons. The minimum Gasteiger partial charge on any atom is -0.195 e. The summed E-state index contributed by atoms with van der Waals surface area (Å²) >= 11 is 0. The van der Waals surface area contributed by atoms with Crippen LogP contribution in [-0.4, -0.2) is 55.6 Å². The molecule has 0 aromatic heterocycles. The molecule has 0 aliphatic rings. The molecule has 0 bridgehead atoms. The van der Waals surface area contributed by atoms with Crippen LogP contribution in [0.15, 0.2) is 72.8 Å². The van der Waals surface area contributed by atoms with E-state index in [0.29, 0.717) is 0 Å². The second-order valence-corrected chi connectivity index (χ2v) is 15.5. The Morgan fingerprint density at radius 3 is 0.400 bits per heavy atom. The molecule has 4 rings (SSSR count). The van der Waals surface area contributed by atoms with Gasteiger partial charge in [-0.2, -0.15) is 127 Å². The fourth-order valence-electron chi connectivity index (χ4n) is 7.99. The Morgan fingerprint density at radius 2 is 0.308 bits per heavy atom. The van der Waals surface area contributed by atoms with Gasteiger partial charge in [0.05, 0.1) is 51.4 Å². The predicted molar refractivity (Wildman–Crippen MR) is 188 cm³/mol. The molecule has 0 aliphatic heterocycles. The third kappa shape index (κ3) is 16.9. The highest BCUT2D eigenvalue weighted by Crippen LogP contribution is 2.32. The number of rotatable bonds is 12. The van der Waals surface area contributed by atoms with Gasteiger partial charge >= 0.3 is 49.4 Å². The lowest BCUT2D eigenvalue weighted by molar-refractivity contribution is -0.129. The third-order valence-electron chi connectivity index (χ3n) is 9.54. The Kier molecular flexibility index (Phi) is 14.8. The fourth-order valence-corrected chi connectivity index (χ4v) is 7.99. The van der Waals surface area contributed by atoms with E-state index in [1.807, 2.05) is 0 Å². The second kappa shape index (κ2) is 18.2. The molecule has 0 atom stereocenters. The SMILES string of the molecule is FC(F)(F)Cc1cc(CC(F)(F)F)cc([B-](c2cc(CC(F)(F)F)cc(CC(F)(F)F)c2)(c2cc(CC(F)(F)F)cc(CC(F)(F)F)c2)c2cc(CC(F)(F)F)cc(CC(F)(F)F)c2)c1. The maximum atomic E-state index is 14.0. The maximum Gasteiger partial charge on any atom is 0.393 e. The van der Waals surface area contributed by atoms with Crippen LogP contribution in [0.2, 0.25) is 0 Å². The van der Waals surface area contributed by atoms with E-state index in [0.717, 1.165) is 0 Å². The van der Waals surface area contributed by atoms with Crippen LogP contribution < -0.4 is 21.9 Å². The lowest BCUT2D eigenvalue weighted by atomic mass is 9.12. The van der Waals surface area contributed by atoms with Gasteiger partial charge in [0.1, 0.15) is 6.15 Å². The predicted octanol–water partition coefficient (Wildman–Crippen LogP) is 11.9. The van der Waals surface area contributed by atoms with Crippen molar-refractivity contribution in [2.45, 2.75) is 101 Å². The van der Waals surface area contributed by atoms with E-state index in [1.165, 1.54) is 0 Å². The zero-order chi connectivity index (χ0) is 49.6. The van der Waals surface area contributed by atoms with Crippen molar-refractivity contribution < 1.29 is 105 Å². The minimum absolute atomic E-state index is 0.241. The molecule has 4 aromatic carbocycles. The number of hydrogen-bond acceptors (Lipinski definition) is 0. The molecule has 0 amide bonds. The summed E-state index contributed by atoms with van der Waals surface area (Å²) in [6, 6.07) is 3.13. The van der Waals surface area contributed by atoms with Gasteiger partial charge in [0.25, 0.3) is 0 Å². The zero-order valence-corrected chi connectivity index (χ0v) is 32.2. The van der Waals surface area contributed by atoms with Gasteiger partial charge in [-0.15, -0.1) is 0 Å². The highest BCUT2D eigenvalue weighted by Gasteiger charge is 2.41. The highest BCUT2D eigenvalue weighted by atomic mass is 19.4. The van der Waals surface area contributed by atoms with E-state index in [2.05, 4.69) is 0 Å². The van der Waals surface area contributed by atoms with E-state index in [4.69, 9.17) is 0 Å². The molecule has 25 heteroatoms. The summed E-state index contributed by atoms with van der Waals surface area (Å²) in [4.78, 5) is 0. The quantitative estimate of drug-likeness (QED) is 0.0980. The van der Waals surface area contributed by atoms with Gasteiger partial charge in [-0.3, -0.25) is 0 Å². The topological polar surface area (TPSA) is 0 Å². The van der Waals surface area contributed by atoms with Gasteiger partial charge < -0.3 is 0 Å². The summed E-state index contributed by atoms with van der Waals surface area (Å²) in [5.41, 5.74) is -14.8. The first-order chi connectivity index (χ1) is 29.0. The van der Waals surface area contributed by atoms with Crippen LogP contribution in [0.3, 0.4) is 0 Å². The van der Waals surface area contributed by atoms with Crippen molar-refractivity contribution in [2.75, 3.05) is 0 Å². The van der Waals surface area contributed by atoms with E-state index in [1.54, 1.807) is 0 Å². The third-order valence-corrected chi connectivity index (χ3v) is 9.54. The van der Waals surface area contributed by atoms with Crippen molar-refractivity contribution in [3.8, 4) is 0 Å². The standard InChI is InChI=1S/C40H28BF24/c42-33(43,44)13-21-1-22(14-34(45,46)47)6-29(5-21)41(30-7-23(15-35(48,49)50)2-24(8-30)16-36(51,52)53,31-9-25(17-37(54,55)56)3-26(10-31)18-38(57,58)59)32-11-27(19-39(60,61)62)4-28(12-32)20-40(63,64)65/h1-12H,13-20H2/q-1. The van der Waals surface area contributed by atoms with Crippen LogP contribution in [0, 0.1) is 0 Å². The van der Waals surface area contributed by atoms with Gasteiger partial charge in [-0.25, -0.2) is 0 Å². The monoisotopic (exact) mass is 975 g/mol. The number of hydrogen-bond donors (Lipinski definition) is 0. The van der Waals surface area contributed by atoms with Gasteiger partial charge in [0.15, 0.2) is 0 Å². The molecule has 0 unspecified atom stereocenters. The lowest BCUT2D eigenvalue weighted by Crippen LogP contribution is -2.75. The average molecular weight is 975 g/mol. The maximum absolute atomic E-state index is 14.0. The minimum atomic E-state index is -5.39. The molecule has 0 saturated carbocycles. The molecule has 0 aliphatic carbocycles. The molecule has 360 valence electrons. The van der Waals surface area contributed by atoms with Crippen molar-refractivity contribution >= 4 is 28.0 Å². The molecule has 0 fully saturated rings. The largest absolute Gasteiger partial charge is 0.393 e. The molecule has 0 saturated heterocycles. The molecule has 0 heterocycles.